The van der Waals surface area contributed by atoms with E-state index < -0.39 is 10.0 Å². The molecular formula is C13H20N2O3S. The Kier molecular flexibility index (Phi) is 4.79. The summed E-state index contributed by atoms with van der Waals surface area (Å²) in [5.74, 6) is 0. The molecule has 1 aliphatic rings. The van der Waals surface area contributed by atoms with E-state index >= 15 is 0 Å². The summed E-state index contributed by atoms with van der Waals surface area (Å²) in [6.07, 6.45) is 1.45. The molecule has 1 aliphatic heterocycles. The lowest BCUT2D eigenvalue weighted by molar-refractivity contribution is 0.0832. The van der Waals surface area contributed by atoms with Crippen LogP contribution >= 0.6 is 0 Å². The van der Waals surface area contributed by atoms with Crippen LogP contribution in [0.2, 0.25) is 0 Å². The normalized spacial score (nSPS) is 17.3. The van der Waals surface area contributed by atoms with Gasteiger partial charge in [-0.15, -0.1) is 0 Å². The molecule has 1 aromatic carbocycles. The molecular weight excluding hydrogens is 264 g/mol. The fraction of sp³-hybridized carbons (Fsp3) is 0.538. The van der Waals surface area contributed by atoms with E-state index in [1.807, 2.05) is 13.0 Å². The molecule has 0 aromatic heterocycles. The van der Waals surface area contributed by atoms with E-state index in [-0.39, 0.29) is 6.04 Å². The molecule has 1 aromatic rings. The Bertz CT molecular complexity index is 510. The third-order valence-corrected chi connectivity index (χ3v) is 4.67. The summed E-state index contributed by atoms with van der Waals surface area (Å²) in [6.45, 7) is 3.85. The molecule has 0 spiro atoms. The van der Waals surface area contributed by atoms with Crippen LogP contribution in [-0.4, -0.2) is 34.2 Å². The quantitative estimate of drug-likeness (QED) is 0.861. The zero-order valence-electron chi connectivity index (χ0n) is 11.1. The van der Waals surface area contributed by atoms with Crippen LogP contribution in [0.15, 0.2) is 29.2 Å². The van der Waals surface area contributed by atoms with Crippen molar-refractivity contribution in [3.05, 3.63) is 24.3 Å². The average molecular weight is 284 g/mol. The molecule has 2 rings (SSSR count). The van der Waals surface area contributed by atoms with Gasteiger partial charge in [-0.25, -0.2) is 13.1 Å². The van der Waals surface area contributed by atoms with Crippen LogP contribution in [0.4, 0.5) is 5.69 Å². The van der Waals surface area contributed by atoms with Gasteiger partial charge in [0.2, 0.25) is 10.0 Å². The summed E-state index contributed by atoms with van der Waals surface area (Å²) >= 11 is 0. The number of anilines is 1. The molecule has 106 valence electrons. The van der Waals surface area contributed by atoms with Crippen molar-refractivity contribution in [2.45, 2.75) is 30.7 Å². The van der Waals surface area contributed by atoms with Crippen LogP contribution in [0.5, 0.6) is 0 Å². The topological polar surface area (TPSA) is 67.4 Å². The third-order valence-electron chi connectivity index (χ3n) is 3.09. The van der Waals surface area contributed by atoms with Crippen LogP contribution in [0.3, 0.4) is 0 Å². The van der Waals surface area contributed by atoms with E-state index in [1.165, 1.54) is 0 Å². The summed E-state index contributed by atoms with van der Waals surface area (Å²) in [5.41, 5.74) is 0.643. The van der Waals surface area contributed by atoms with Crippen LogP contribution < -0.4 is 10.0 Å². The minimum Gasteiger partial charge on any atom is -0.384 e. The maximum absolute atomic E-state index is 12.4. The van der Waals surface area contributed by atoms with Crippen molar-refractivity contribution in [1.29, 1.82) is 0 Å². The van der Waals surface area contributed by atoms with E-state index in [0.717, 1.165) is 12.8 Å². The molecule has 19 heavy (non-hydrogen) atoms. The Balaban J connectivity index is 2.18. The Morgan fingerprint density at radius 1 is 1.26 bits per heavy atom. The maximum atomic E-state index is 12.4. The maximum Gasteiger partial charge on any atom is 0.242 e. The van der Waals surface area contributed by atoms with Crippen molar-refractivity contribution in [1.82, 2.24) is 4.72 Å². The highest BCUT2D eigenvalue weighted by Gasteiger charge is 2.23. The van der Waals surface area contributed by atoms with E-state index in [2.05, 4.69) is 10.0 Å². The monoisotopic (exact) mass is 284 g/mol. The molecule has 1 fully saturated rings. The van der Waals surface area contributed by atoms with Gasteiger partial charge in [0.05, 0.1) is 5.69 Å². The molecule has 0 unspecified atom stereocenters. The number of sulfonamides is 1. The SMILES string of the molecule is CCNc1ccccc1S(=O)(=O)NC1CCOCC1. The number of hydrogen-bond acceptors (Lipinski definition) is 4. The van der Waals surface area contributed by atoms with Crippen molar-refractivity contribution in [3.63, 3.8) is 0 Å². The van der Waals surface area contributed by atoms with E-state index in [9.17, 15) is 8.42 Å². The van der Waals surface area contributed by atoms with Crippen molar-refractivity contribution in [2.75, 3.05) is 25.1 Å². The summed E-state index contributed by atoms with van der Waals surface area (Å²) in [6, 6.07) is 6.93. The first-order valence-corrected chi connectivity index (χ1v) is 8.05. The van der Waals surface area contributed by atoms with Gasteiger partial charge in [-0.1, -0.05) is 12.1 Å². The first kappa shape index (κ1) is 14.3. The van der Waals surface area contributed by atoms with Gasteiger partial charge in [0.15, 0.2) is 0 Å². The average Bonchev–Trinajstić information content (AvgIpc) is 2.40. The second-order valence-electron chi connectivity index (χ2n) is 4.53. The van der Waals surface area contributed by atoms with Gasteiger partial charge in [-0.2, -0.15) is 0 Å². The van der Waals surface area contributed by atoms with Crippen molar-refractivity contribution in [3.8, 4) is 0 Å². The number of hydrogen-bond donors (Lipinski definition) is 2. The molecule has 0 aliphatic carbocycles. The van der Waals surface area contributed by atoms with Crippen molar-refractivity contribution in [2.24, 2.45) is 0 Å². The summed E-state index contributed by atoms with van der Waals surface area (Å²) in [5, 5.41) is 3.08. The second kappa shape index (κ2) is 6.36. The molecule has 1 saturated heterocycles. The molecule has 0 amide bonds. The van der Waals surface area contributed by atoms with Crippen LogP contribution in [0.1, 0.15) is 19.8 Å². The minimum atomic E-state index is -3.48. The van der Waals surface area contributed by atoms with Gasteiger partial charge in [-0.3, -0.25) is 0 Å². The Morgan fingerprint density at radius 2 is 1.95 bits per heavy atom. The highest BCUT2D eigenvalue weighted by atomic mass is 32.2. The molecule has 2 N–H and O–H groups in total. The Labute approximate surface area is 114 Å². The number of nitrogens with one attached hydrogen (secondary N) is 2. The van der Waals surface area contributed by atoms with Crippen LogP contribution in [-0.2, 0) is 14.8 Å². The minimum absolute atomic E-state index is 0.0339. The second-order valence-corrected chi connectivity index (χ2v) is 6.22. The molecule has 0 bridgehead atoms. The molecule has 0 atom stereocenters. The standard InChI is InChI=1S/C13H20N2O3S/c1-2-14-12-5-3-4-6-13(12)19(16,17)15-11-7-9-18-10-8-11/h3-6,11,14-15H,2,7-10H2,1H3. The van der Waals surface area contributed by atoms with Gasteiger partial charge in [0.25, 0.3) is 0 Å². The Hall–Kier alpha value is -1.11. The highest BCUT2D eigenvalue weighted by Crippen LogP contribution is 2.21. The predicted molar refractivity (Wildman–Crippen MR) is 74.8 cm³/mol. The van der Waals surface area contributed by atoms with E-state index in [1.54, 1.807) is 18.2 Å². The zero-order chi connectivity index (χ0) is 13.7. The number of para-hydroxylation sites is 1. The smallest absolute Gasteiger partial charge is 0.242 e. The number of ether oxygens (including phenoxy) is 1. The predicted octanol–water partition coefficient (Wildman–Crippen LogP) is 1.58. The number of rotatable bonds is 5. The summed E-state index contributed by atoms with van der Waals surface area (Å²) in [7, 11) is -3.48. The van der Waals surface area contributed by atoms with Gasteiger partial charge < -0.3 is 10.1 Å². The number of benzene rings is 1. The lowest BCUT2D eigenvalue weighted by Gasteiger charge is -2.23. The summed E-state index contributed by atoms with van der Waals surface area (Å²) in [4.78, 5) is 0.309. The summed E-state index contributed by atoms with van der Waals surface area (Å²) < 4.78 is 32.8. The Morgan fingerprint density at radius 3 is 2.63 bits per heavy atom. The fourth-order valence-corrected chi connectivity index (χ4v) is 3.62. The lowest BCUT2D eigenvalue weighted by Crippen LogP contribution is -2.39. The van der Waals surface area contributed by atoms with E-state index in [0.29, 0.717) is 30.3 Å². The van der Waals surface area contributed by atoms with E-state index in [4.69, 9.17) is 4.74 Å². The van der Waals surface area contributed by atoms with Gasteiger partial charge in [0.1, 0.15) is 4.90 Å². The van der Waals surface area contributed by atoms with Crippen molar-refractivity contribution >= 4 is 15.7 Å². The van der Waals surface area contributed by atoms with Gasteiger partial charge >= 0.3 is 0 Å². The van der Waals surface area contributed by atoms with Gasteiger partial charge in [-0.05, 0) is 31.9 Å². The fourth-order valence-electron chi connectivity index (χ4n) is 2.14. The van der Waals surface area contributed by atoms with Crippen molar-refractivity contribution < 1.29 is 13.2 Å². The van der Waals surface area contributed by atoms with Gasteiger partial charge in [0, 0.05) is 25.8 Å². The van der Waals surface area contributed by atoms with Crippen LogP contribution in [0.25, 0.3) is 0 Å². The molecule has 6 heteroatoms. The lowest BCUT2D eigenvalue weighted by atomic mass is 10.1. The molecule has 0 radical (unpaired) electrons. The largest absolute Gasteiger partial charge is 0.384 e. The van der Waals surface area contributed by atoms with Crippen LogP contribution in [0, 0.1) is 0 Å². The molecule has 5 nitrogen and oxygen atoms in total. The highest BCUT2D eigenvalue weighted by molar-refractivity contribution is 7.89. The molecule has 1 heterocycles. The first-order valence-electron chi connectivity index (χ1n) is 6.56. The third kappa shape index (κ3) is 3.68. The molecule has 0 saturated carbocycles. The zero-order valence-corrected chi connectivity index (χ0v) is 11.9. The first-order chi connectivity index (χ1) is 9.13.